The number of nitrogen functional groups attached to an aromatic ring is 1. The first-order chi connectivity index (χ1) is 5.75. The molecule has 2 heterocycles. The maximum absolute atomic E-state index is 5.46. The summed E-state index contributed by atoms with van der Waals surface area (Å²) in [5, 5.41) is 0.853. The highest BCUT2D eigenvalue weighted by atomic mass is 79.9. The van der Waals surface area contributed by atoms with Gasteiger partial charge in [-0.2, -0.15) is 0 Å². The van der Waals surface area contributed by atoms with Crippen molar-refractivity contribution in [2.45, 2.75) is 0 Å². The van der Waals surface area contributed by atoms with E-state index in [1.807, 2.05) is 0 Å². The molecule has 62 valence electrons. The van der Waals surface area contributed by atoms with E-state index in [0.29, 0.717) is 5.82 Å². The Kier molecular flexibility index (Phi) is 1.86. The lowest BCUT2D eigenvalue weighted by atomic mass is 10.8. The van der Waals surface area contributed by atoms with Gasteiger partial charge < -0.3 is 5.73 Å². The second-order valence-electron chi connectivity index (χ2n) is 2.15. The van der Waals surface area contributed by atoms with E-state index in [1.54, 1.807) is 23.3 Å². The lowest BCUT2D eigenvalue weighted by Crippen LogP contribution is -1.87. The number of halogens is 1. The highest BCUT2D eigenvalue weighted by Crippen LogP contribution is 2.22. The van der Waals surface area contributed by atoms with Crippen molar-refractivity contribution in [1.82, 2.24) is 14.5 Å². The predicted octanol–water partition coefficient (Wildman–Crippen LogP) is 1.67. The molecule has 0 aromatic carbocycles. The fourth-order valence-corrected chi connectivity index (χ4v) is 1.94. The third-order valence-corrected chi connectivity index (χ3v) is 2.78. The molecule has 2 aromatic rings. The quantitative estimate of drug-likeness (QED) is 0.831. The van der Waals surface area contributed by atoms with Gasteiger partial charge >= 0.3 is 0 Å². The highest BCUT2D eigenvalue weighted by Gasteiger charge is 2.01. The smallest absolute Gasteiger partial charge is 0.195 e. The number of anilines is 1. The maximum atomic E-state index is 5.46. The summed E-state index contributed by atoms with van der Waals surface area (Å²) in [4.78, 5) is 8.03. The Balaban J connectivity index is 2.43. The standard InChI is InChI=1S/C6H5BrN4S/c7-4-1-9-6(12-4)11-2-5(8)10-3-11/h1-3H,8H2. The fraction of sp³-hybridized carbons (Fsp3) is 0. The van der Waals surface area contributed by atoms with Crippen molar-refractivity contribution in [3.8, 4) is 5.13 Å². The summed E-state index contributed by atoms with van der Waals surface area (Å²) in [5.41, 5.74) is 5.46. The Labute approximate surface area is 81.2 Å². The molecule has 0 amide bonds. The summed E-state index contributed by atoms with van der Waals surface area (Å²) in [5.74, 6) is 0.501. The van der Waals surface area contributed by atoms with Crippen LogP contribution in [0, 0.1) is 0 Å². The molecule has 2 N–H and O–H groups in total. The lowest BCUT2D eigenvalue weighted by molar-refractivity contribution is 1.03. The number of imidazole rings is 1. The van der Waals surface area contributed by atoms with E-state index >= 15 is 0 Å². The van der Waals surface area contributed by atoms with Crippen molar-refractivity contribution in [2.24, 2.45) is 0 Å². The van der Waals surface area contributed by atoms with Gasteiger partial charge in [0.05, 0.1) is 16.2 Å². The molecular formula is C6H5BrN4S. The van der Waals surface area contributed by atoms with Crippen LogP contribution in [0.4, 0.5) is 5.82 Å². The van der Waals surface area contributed by atoms with Crippen LogP contribution in [0.15, 0.2) is 22.5 Å². The third kappa shape index (κ3) is 1.35. The van der Waals surface area contributed by atoms with Crippen LogP contribution in [-0.4, -0.2) is 14.5 Å². The second-order valence-corrected chi connectivity index (χ2v) is 4.54. The van der Waals surface area contributed by atoms with Crippen LogP contribution in [0.5, 0.6) is 0 Å². The minimum absolute atomic E-state index is 0.501. The number of aromatic nitrogens is 3. The molecular weight excluding hydrogens is 240 g/mol. The van der Waals surface area contributed by atoms with Gasteiger partial charge in [-0.3, -0.25) is 4.57 Å². The van der Waals surface area contributed by atoms with E-state index in [2.05, 4.69) is 25.9 Å². The SMILES string of the molecule is Nc1cn(-c2ncc(Br)s2)cn1. The highest BCUT2D eigenvalue weighted by molar-refractivity contribution is 9.11. The Morgan fingerprint density at radius 2 is 2.33 bits per heavy atom. The molecule has 0 spiro atoms. The molecule has 0 aliphatic rings. The summed E-state index contributed by atoms with van der Waals surface area (Å²) in [6.07, 6.45) is 5.11. The van der Waals surface area contributed by atoms with E-state index < -0.39 is 0 Å². The Morgan fingerprint density at radius 1 is 1.50 bits per heavy atom. The molecule has 0 unspecified atom stereocenters. The van der Waals surface area contributed by atoms with Gasteiger partial charge in [0.1, 0.15) is 12.1 Å². The minimum Gasteiger partial charge on any atom is -0.382 e. The van der Waals surface area contributed by atoms with Crippen molar-refractivity contribution in [3.05, 3.63) is 22.5 Å². The van der Waals surface area contributed by atoms with Gasteiger partial charge in [-0.15, -0.1) is 0 Å². The first kappa shape index (κ1) is 7.75. The molecule has 0 atom stereocenters. The molecule has 4 nitrogen and oxygen atoms in total. The van der Waals surface area contributed by atoms with Crippen LogP contribution in [0.2, 0.25) is 0 Å². The normalized spacial score (nSPS) is 10.4. The minimum atomic E-state index is 0.501. The van der Waals surface area contributed by atoms with Gasteiger partial charge in [0, 0.05) is 0 Å². The van der Waals surface area contributed by atoms with Gasteiger partial charge in [-0.1, -0.05) is 11.3 Å². The number of hydrogen-bond donors (Lipinski definition) is 1. The first-order valence-corrected chi connectivity index (χ1v) is 4.78. The largest absolute Gasteiger partial charge is 0.382 e. The molecule has 0 aliphatic heterocycles. The van der Waals surface area contributed by atoms with E-state index in [0.717, 1.165) is 8.92 Å². The zero-order valence-electron chi connectivity index (χ0n) is 5.94. The summed E-state index contributed by atoms with van der Waals surface area (Å²) < 4.78 is 2.77. The summed E-state index contributed by atoms with van der Waals surface area (Å²) in [7, 11) is 0. The molecule has 2 aromatic heterocycles. The molecule has 0 radical (unpaired) electrons. The van der Waals surface area contributed by atoms with Crippen LogP contribution in [0.25, 0.3) is 5.13 Å². The zero-order valence-corrected chi connectivity index (χ0v) is 8.34. The van der Waals surface area contributed by atoms with Crippen LogP contribution >= 0.6 is 27.3 Å². The monoisotopic (exact) mass is 244 g/mol. The van der Waals surface area contributed by atoms with Crippen LogP contribution in [-0.2, 0) is 0 Å². The summed E-state index contributed by atoms with van der Waals surface area (Å²) in [6.45, 7) is 0. The lowest BCUT2D eigenvalue weighted by Gasteiger charge is -1.90. The summed E-state index contributed by atoms with van der Waals surface area (Å²) in [6, 6.07) is 0. The van der Waals surface area contributed by atoms with Crippen molar-refractivity contribution >= 4 is 33.1 Å². The zero-order chi connectivity index (χ0) is 8.55. The van der Waals surface area contributed by atoms with Crippen LogP contribution in [0.3, 0.4) is 0 Å². The second kappa shape index (κ2) is 2.87. The molecule has 0 saturated heterocycles. The average Bonchev–Trinajstić information content (AvgIpc) is 2.58. The molecule has 0 bridgehead atoms. The molecule has 6 heteroatoms. The van der Waals surface area contributed by atoms with E-state index in [4.69, 9.17) is 5.73 Å². The molecule has 12 heavy (non-hydrogen) atoms. The Morgan fingerprint density at radius 3 is 2.83 bits per heavy atom. The van der Waals surface area contributed by atoms with Crippen molar-refractivity contribution < 1.29 is 0 Å². The third-order valence-electron chi connectivity index (χ3n) is 1.29. The number of nitrogens with zero attached hydrogens (tertiary/aromatic N) is 3. The number of nitrogens with two attached hydrogens (primary N) is 1. The van der Waals surface area contributed by atoms with Crippen LogP contribution in [0.1, 0.15) is 0 Å². The van der Waals surface area contributed by atoms with E-state index in [9.17, 15) is 0 Å². The average molecular weight is 245 g/mol. The number of hydrogen-bond acceptors (Lipinski definition) is 4. The molecule has 0 fully saturated rings. The van der Waals surface area contributed by atoms with Crippen molar-refractivity contribution in [3.63, 3.8) is 0 Å². The van der Waals surface area contributed by atoms with Crippen molar-refractivity contribution in [2.75, 3.05) is 5.73 Å². The topological polar surface area (TPSA) is 56.7 Å². The first-order valence-electron chi connectivity index (χ1n) is 3.17. The maximum Gasteiger partial charge on any atom is 0.195 e. The van der Waals surface area contributed by atoms with E-state index in [1.165, 1.54) is 11.3 Å². The van der Waals surface area contributed by atoms with Gasteiger partial charge in [0.15, 0.2) is 5.13 Å². The molecule has 0 saturated carbocycles. The van der Waals surface area contributed by atoms with Gasteiger partial charge in [0.25, 0.3) is 0 Å². The molecule has 2 rings (SSSR count). The Hall–Kier alpha value is -0.880. The fourth-order valence-electron chi connectivity index (χ4n) is 0.808. The molecule has 0 aliphatic carbocycles. The van der Waals surface area contributed by atoms with Gasteiger partial charge in [-0.05, 0) is 15.9 Å². The van der Waals surface area contributed by atoms with Crippen molar-refractivity contribution in [1.29, 1.82) is 0 Å². The van der Waals surface area contributed by atoms with Gasteiger partial charge in [-0.25, -0.2) is 9.97 Å². The number of thiazole rings is 1. The van der Waals surface area contributed by atoms with Crippen LogP contribution < -0.4 is 5.73 Å². The van der Waals surface area contributed by atoms with E-state index in [-0.39, 0.29) is 0 Å². The number of rotatable bonds is 1. The predicted molar refractivity (Wildman–Crippen MR) is 51.3 cm³/mol. The summed E-state index contributed by atoms with van der Waals surface area (Å²) >= 11 is 4.85. The Bertz CT molecular complexity index is 355. The van der Waals surface area contributed by atoms with Gasteiger partial charge in [0.2, 0.25) is 0 Å².